The lowest BCUT2D eigenvalue weighted by molar-refractivity contribution is -0.116. The van der Waals surface area contributed by atoms with Crippen molar-refractivity contribution in [2.24, 2.45) is 0 Å². The molecule has 0 unspecified atom stereocenters. The van der Waals surface area contributed by atoms with Crippen molar-refractivity contribution in [3.63, 3.8) is 0 Å². The standard InChI is InChI=1S/C21H23N3O/c1-15(2)18-7-4-17(5-8-18)6-9-21(25)22-13-19-14-24-11-10-16(3)12-20(24)23-19/h4-12,14-15H,13H2,1-3H3,(H,22,25)/b9-6+. The number of pyridine rings is 1. The maximum absolute atomic E-state index is 12.0. The van der Waals surface area contributed by atoms with E-state index in [2.05, 4.69) is 36.3 Å². The highest BCUT2D eigenvalue weighted by molar-refractivity contribution is 5.91. The molecule has 25 heavy (non-hydrogen) atoms. The van der Waals surface area contributed by atoms with Crippen molar-refractivity contribution in [1.82, 2.24) is 14.7 Å². The summed E-state index contributed by atoms with van der Waals surface area (Å²) in [6, 6.07) is 12.3. The first-order valence-electron chi connectivity index (χ1n) is 8.51. The van der Waals surface area contributed by atoms with Crippen molar-refractivity contribution in [3.05, 3.63) is 77.3 Å². The third-order valence-corrected chi connectivity index (χ3v) is 4.14. The molecule has 0 saturated carbocycles. The molecule has 3 rings (SSSR count). The van der Waals surface area contributed by atoms with E-state index in [1.54, 1.807) is 6.08 Å². The molecule has 0 fully saturated rings. The molecule has 0 aliphatic carbocycles. The van der Waals surface area contributed by atoms with E-state index >= 15 is 0 Å². The molecule has 2 aromatic heterocycles. The van der Waals surface area contributed by atoms with E-state index in [0.717, 1.165) is 16.9 Å². The van der Waals surface area contributed by atoms with Gasteiger partial charge >= 0.3 is 0 Å². The second kappa shape index (κ2) is 7.34. The van der Waals surface area contributed by atoms with E-state index in [-0.39, 0.29) is 5.91 Å². The molecule has 3 aromatic rings. The summed E-state index contributed by atoms with van der Waals surface area (Å²) in [6.45, 7) is 6.78. The maximum atomic E-state index is 12.0. The third-order valence-electron chi connectivity index (χ3n) is 4.14. The summed E-state index contributed by atoms with van der Waals surface area (Å²) in [6.07, 6.45) is 7.30. The molecule has 4 heteroatoms. The van der Waals surface area contributed by atoms with Crippen LogP contribution in [0.5, 0.6) is 0 Å². The van der Waals surface area contributed by atoms with Crippen LogP contribution in [0.25, 0.3) is 11.7 Å². The van der Waals surface area contributed by atoms with Crippen molar-refractivity contribution in [1.29, 1.82) is 0 Å². The molecule has 0 spiro atoms. The number of aryl methyl sites for hydroxylation is 1. The van der Waals surface area contributed by atoms with Gasteiger partial charge in [0.15, 0.2) is 0 Å². The van der Waals surface area contributed by atoms with Gasteiger partial charge in [-0.1, -0.05) is 38.1 Å². The zero-order chi connectivity index (χ0) is 17.8. The topological polar surface area (TPSA) is 46.4 Å². The first-order valence-corrected chi connectivity index (χ1v) is 8.51. The molecular formula is C21H23N3O. The molecule has 1 amide bonds. The van der Waals surface area contributed by atoms with Crippen LogP contribution >= 0.6 is 0 Å². The van der Waals surface area contributed by atoms with Crippen molar-refractivity contribution < 1.29 is 4.79 Å². The molecule has 1 aromatic carbocycles. The van der Waals surface area contributed by atoms with Crippen LogP contribution in [0.3, 0.4) is 0 Å². The van der Waals surface area contributed by atoms with E-state index in [1.165, 1.54) is 11.1 Å². The Bertz CT molecular complexity index is 905. The summed E-state index contributed by atoms with van der Waals surface area (Å²) in [7, 11) is 0. The Hall–Kier alpha value is -2.88. The number of amides is 1. The zero-order valence-corrected chi connectivity index (χ0v) is 14.9. The summed E-state index contributed by atoms with van der Waals surface area (Å²) in [5, 5.41) is 2.87. The van der Waals surface area contributed by atoms with E-state index in [4.69, 9.17) is 0 Å². The van der Waals surface area contributed by atoms with E-state index in [9.17, 15) is 4.79 Å². The summed E-state index contributed by atoms with van der Waals surface area (Å²) in [5.41, 5.74) is 5.21. The summed E-state index contributed by atoms with van der Waals surface area (Å²) >= 11 is 0. The first-order chi connectivity index (χ1) is 12.0. The predicted molar refractivity (Wildman–Crippen MR) is 101 cm³/mol. The van der Waals surface area contributed by atoms with Gasteiger partial charge in [-0.2, -0.15) is 0 Å². The average molecular weight is 333 g/mol. The lowest BCUT2D eigenvalue weighted by Crippen LogP contribution is -2.20. The number of carbonyl (C=O) groups excluding carboxylic acids is 1. The van der Waals surface area contributed by atoms with Crippen LogP contribution in [0.4, 0.5) is 0 Å². The first kappa shape index (κ1) is 17.0. The van der Waals surface area contributed by atoms with Gasteiger partial charge in [-0.3, -0.25) is 4.79 Å². The Balaban J connectivity index is 1.58. The number of fused-ring (bicyclic) bond motifs is 1. The molecule has 0 radical (unpaired) electrons. The quantitative estimate of drug-likeness (QED) is 0.715. The smallest absolute Gasteiger partial charge is 0.244 e. The van der Waals surface area contributed by atoms with Crippen LogP contribution in [0, 0.1) is 6.92 Å². The van der Waals surface area contributed by atoms with Crippen LogP contribution in [-0.2, 0) is 11.3 Å². The van der Waals surface area contributed by atoms with Gasteiger partial charge in [0, 0.05) is 18.5 Å². The SMILES string of the molecule is Cc1ccn2cc(CNC(=O)/C=C/c3ccc(C(C)C)cc3)nc2c1. The Kier molecular flexibility index (Phi) is 4.98. The molecular weight excluding hydrogens is 310 g/mol. The van der Waals surface area contributed by atoms with Gasteiger partial charge in [-0.25, -0.2) is 4.98 Å². The highest BCUT2D eigenvalue weighted by Gasteiger charge is 2.03. The van der Waals surface area contributed by atoms with E-state index < -0.39 is 0 Å². The predicted octanol–water partition coefficient (Wildman–Crippen LogP) is 4.10. The van der Waals surface area contributed by atoms with Crippen LogP contribution in [-0.4, -0.2) is 15.3 Å². The number of nitrogens with zero attached hydrogens (tertiary/aromatic N) is 2. The minimum Gasteiger partial charge on any atom is -0.347 e. The fourth-order valence-corrected chi connectivity index (χ4v) is 2.62. The molecule has 4 nitrogen and oxygen atoms in total. The fraction of sp³-hybridized carbons (Fsp3) is 0.238. The van der Waals surface area contributed by atoms with Crippen LogP contribution in [0.15, 0.2) is 54.9 Å². The molecule has 0 aliphatic heterocycles. The Labute approximate surface area is 148 Å². The van der Waals surface area contributed by atoms with Crippen LogP contribution in [0.1, 0.15) is 42.1 Å². The number of aromatic nitrogens is 2. The van der Waals surface area contributed by atoms with Gasteiger partial charge in [-0.15, -0.1) is 0 Å². The summed E-state index contributed by atoms with van der Waals surface area (Å²) in [4.78, 5) is 16.5. The van der Waals surface area contributed by atoms with E-state index in [1.807, 2.05) is 54.1 Å². The third kappa shape index (κ3) is 4.35. The Morgan fingerprint density at radius 1 is 1.24 bits per heavy atom. The molecule has 1 N–H and O–H groups in total. The normalized spacial score (nSPS) is 11.5. The molecule has 0 atom stereocenters. The van der Waals surface area contributed by atoms with Crippen molar-refractivity contribution in [3.8, 4) is 0 Å². The lowest BCUT2D eigenvalue weighted by Gasteiger charge is -2.04. The number of carbonyl (C=O) groups is 1. The number of hydrogen-bond donors (Lipinski definition) is 1. The fourth-order valence-electron chi connectivity index (χ4n) is 2.62. The second-order valence-electron chi connectivity index (χ2n) is 6.57. The number of imidazole rings is 1. The van der Waals surface area contributed by atoms with Crippen molar-refractivity contribution >= 4 is 17.6 Å². The largest absolute Gasteiger partial charge is 0.347 e. The second-order valence-corrected chi connectivity index (χ2v) is 6.57. The number of benzene rings is 1. The Morgan fingerprint density at radius 2 is 2.00 bits per heavy atom. The monoisotopic (exact) mass is 333 g/mol. The van der Waals surface area contributed by atoms with Gasteiger partial charge < -0.3 is 9.72 Å². The minimum atomic E-state index is -0.124. The van der Waals surface area contributed by atoms with E-state index in [0.29, 0.717) is 12.5 Å². The van der Waals surface area contributed by atoms with Gasteiger partial charge in [-0.05, 0) is 47.7 Å². The van der Waals surface area contributed by atoms with Crippen molar-refractivity contribution in [2.45, 2.75) is 33.2 Å². The highest BCUT2D eigenvalue weighted by atomic mass is 16.1. The number of rotatable bonds is 5. The summed E-state index contributed by atoms with van der Waals surface area (Å²) < 4.78 is 1.96. The highest BCUT2D eigenvalue weighted by Crippen LogP contribution is 2.15. The lowest BCUT2D eigenvalue weighted by atomic mass is 10.0. The molecule has 0 saturated heterocycles. The molecule has 2 heterocycles. The van der Waals surface area contributed by atoms with Gasteiger partial charge in [0.25, 0.3) is 0 Å². The molecule has 128 valence electrons. The minimum absolute atomic E-state index is 0.124. The molecule has 0 aliphatic rings. The number of hydrogen-bond acceptors (Lipinski definition) is 2. The maximum Gasteiger partial charge on any atom is 0.244 e. The summed E-state index contributed by atoms with van der Waals surface area (Å²) in [5.74, 6) is 0.386. The zero-order valence-electron chi connectivity index (χ0n) is 14.9. The van der Waals surface area contributed by atoms with Gasteiger partial charge in [0.1, 0.15) is 5.65 Å². The van der Waals surface area contributed by atoms with Gasteiger partial charge in [0.2, 0.25) is 5.91 Å². The average Bonchev–Trinajstić information content (AvgIpc) is 3.00. The van der Waals surface area contributed by atoms with Crippen LogP contribution < -0.4 is 5.32 Å². The van der Waals surface area contributed by atoms with Crippen molar-refractivity contribution in [2.75, 3.05) is 0 Å². The Morgan fingerprint density at radius 3 is 2.72 bits per heavy atom. The number of nitrogens with one attached hydrogen (secondary N) is 1. The molecule has 0 bridgehead atoms. The van der Waals surface area contributed by atoms with Crippen LogP contribution in [0.2, 0.25) is 0 Å². The van der Waals surface area contributed by atoms with Gasteiger partial charge in [0.05, 0.1) is 12.2 Å².